The van der Waals surface area contributed by atoms with Crippen molar-refractivity contribution in [2.75, 3.05) is 7.11 Å². The Kier molecular flexibility index (Phi) is 5.07. The van der Waals surface area contributed by atoms with Gasteiger partial charge in [-0.05, 0) is 31.0 Å². The van der Waals surface area contributed by atoms with Gasteiger partial charge < -0.3 is 9.47 Å². The zero-order valence-electron chi connectivity index (χ0n) is 15.1. The maximum absolute atomic E-state index is 13.0. The Morgan fingerprint density at radius 1 is 1.08 bits per heavy atom. The quantitative estimate of drug-likeness (QED) is 0.650. The standard InChI is InChI=1S/C21H21NO4/c1-4-15-9-5-8-12-19(15)26-14(2)20(23)22-13-17(21(24)25-3)16-10-6-7-11-18(16)22/h5-14H,4H2,1-3H3/t14-/m0/s1. The molecule has 0 aliphatic rings. The molecule has 1 heterocycles. The summed E-state index contributed by atoms with van der Waals surface area (Å²) in [5.41, 5.74) is 2.05. The molecule has 26 heavy (non-hydrogen) atoms. The predicted octanol–water partition coefficient (Wildman–Crippen LogP) is 4.10. The molecule has 3 rings (SSSR count). The third-order valence-electron chi connectivity index (χ3n) is 4.36. The normalized spacial score (nSPS) is 12.0. The third-order valence-corrected chi connectivity index (χ3v) is 4.36. The Hall–Kier alpha value is -3.08. The number of ether oxygens (including phenoxy) is 2. The first-order valence-electron chi connectivity index (χ1n) is 8.54. The fourth-order valence-electron chi connectivity index (χ4n) is 2.98. The Bertz CT molecular complexity index is 958. The van der Waals surface area contributed by atoms with Gasteiger partial charge in [-0.3, -0.25) is 9.36 Å². The molecule has 0 aliphatic carbocycles. The van der Waals surface area contributed by atoms with Crippen molar-refractivity contribution in [3.05, 3.63) is 65.9 Å². The highest BCUT2D eigenvalue weighted by atomic mass is 16.5. The monoisotopic (exact) mass is 351 g/mol. The zero-order valence-corrected chi connectivity index (χ0v) is 15.1. The van der Waals surface area contributed by atoms with Crippen LogP contribution in [0.25, 0.3) is 10.9 Å². The Balaban J connectivity index is 1.96. The predicted molar refractivity (Wildman–Crippen MR) is 99.8 cm³/mol. The number of rotatable bonds is 5. The molecule has 0 saturated carbocycles. The van der Waals surface area contributed by atoms with Gasteiger partial charge in [0.1, 0.15) is 5.75 Å². The summed E-state index contributed by atoms with van der Waals surface area (Å²) in [5, 5.41) is 0.675. The van der Waals surface area contributed by atoms with Crippen molar-refractivity contribution in [2.24, 2.45) is 0 Å². The fourth-order valence-corrected chi connectivity index (χ4v) is 2.98. The number of nitrogens with zero attached hydrogens (tertiary/aromatic N) is 1. The van der Waals surface area contributed by atoms with E-state index < -0.39 is 12.1 Å². The van der Waals surface area contributed by atoms with E-state index in [-0.39, 0.29) is 5.91 Å². The third kappa shape index (κ3) is 3.20. The van der Waals surface area contributed by atoms with E-state index >= 15 is 0 Å². The van der Waals surface area contributed by atoms with E-state index in [1.807, 2.05) is 43.3 Å². The van der Waals surface area contributed by atoms with Gasteiger partial charge in [0.05, 0.1) is 18.2 Å². The second-order valence-electron chi connectivity index (χ2n) is 5.98. The molecule has 0 fully saturated rings. The lowest BCUT2D eigenvalue weighted by Crippen LogP contribution is -2.29. The number of hydrogen-bond donors (Lipinski definition) is 0. The lowest BCUT2D eigenvalue weighted by atomic mass is 10.1. The van der Waals surface area contributed by atoms with Gasteiger partial charge in [-0.2, -0.15) is 0 Å². The molecule has 134 valence electrons. The molecule has 0 bridgehead atoms. The van der Waals surface area contributed by atoms with Crippen LogP contribution >= 0.6 is 0 Å². The molecular weight excluding hydrogens is 330 g/mol. The lowest BCUT2D eigenvalue weighted by molar-refractivity contribution is 0.0602. The number of aromatic nitrogens is 1. The largest absolute Gasteiger partial charge is 0.481 e. The summed E-state index contributed by atoms with van der Waals surface area (Å²) in [7, 11) is 1.32. The molecular formula is C21H21NO4. The first-order chi connectivity index (χ1) is 12.6. The van der Waals surface area contributed by atoms with Crippen LogP contribution < -0.4 is 4.74 Å². The van der Waals surface area contributed by atoms with E-state index in [9.17, 15) is 9.59 Å². The molecule has 5 heteroatoms. The molecule has 0 saturated heterocycles. The number of methoxy groups -OCH3 is 1. The molecule has 0 unspecified atom stereocenters. The van der Waals surface area contributed by atoms with Gasteiger partial charge in [-0.25, -0.2) is 4.79 Å². The summed E-state index contributed by atoms with van der Waals surface area (Å²) >= 11 is 0. The van der Waals surface area contributed by atoms with Gasteiger partial charge in [0.25, 0.3) is 5.91 Å². The van der Waals surface area contributed by atoms with Crippen LogP contribution in [0.15, 0.2) is 54.7 Å². The van der Waals surface area contributed by atoms with Gasteiger partial charge in [0.2, 0.25) is 0 Å². The van der Waals surface area contributed by atoms with Crippen molar-refractivity contribution >= 4 is 22.8 Å². The van der Waals surface area contributed by atoms with Crippen molar-refractivity contribution in [1.82, 2.24) is 4.57 Å². The zero-order chi connectivity index (χ0) is 18.7. The maximum Gasteiger partial charge on any atom is 0.340 e. The van der Waals surface area contributed by atoms with E-state index in [1.165, 1.54) is 17.9 Å². The number of carbonyl (C=O) groups is 2. The Morgan fingerprint density at radius 3 is 2.50 bits per heavy atom. The number of aryl methyl sites for hydroxylation is 1. The lowest BCUT2D eigenvalue weighted by Gasteiger charge is -2.17. The minimum Gasteiger partial charge on any atom is -0.481 e. The first kappa shape index (κ1) is 17.7. The number of esters is 1. The number of hydrogen-bond acceptors (Lipinski definition) is 4. The summed E-state index contributed by atoms with van der Waals surface area (Å²) < 4.78 is 12.2. The van der Waals surface area contributed by atoms with Crippen molar-refractivity contribution in [3.8, 4) is 5.75 Å². The highest BCUT2D eigenvalue weighted by Gasteiger charge is 2.23. The second kappa shape index (κ2) is 7.44. The van der Waals surface area contributed by atoms with Crippen LogP contribution in [0.5, 0.6) is 5.75 Å². The summed E-state index contributed by atoms with van der Waals surface area (Å²) in [5.74, 6) is -0.0274. The van der Waals surface area contributed by atoms with Gasteiger partial charge >= 0.3 is 5.97 Å². The number of fused-ring (bicyclic) bond motifs is 1. The summed E-state index contributed by atoms with van der Waals surface area (Å²) in [6.45, 7) is 3.75. The van der Waals surface area contributed by atoms with Gasteiger partial charge in [-0.1, -0.05) is 43.3 Å². The van der Waals surface area contributed by atoms with Crippen LogP contribution in [0.2, 0.25) is 0 Å². The molecule has 0 spiro atoms. The highest BCUT2D eigenvalue weighted by molar-refractivity contribution is 6.07. The maximum atomic E-state index is 13.0. The molecule has 0 aliphatic heterocycles. The fraction of sp³-hybridized carbons (Fsp3) is 0.238. The molecule has 0 N–H and O–H groups in total. The number of para-hydroxylation sites is 2. The van der Waals surface area contributed by atoms with Crippen LogP contribution in [0.4, 0.5) is 0 Å². The Morgan fingerprint density at radius 2 is 1.77 bits per heavy atom. The van der Waals surface area contributed by atoms with Gasteiger partial charge in [0, 0.05) is 11.6 Å². The van der Waals surface area contributed by atoms with Gasteiger partial charge in [0.15, 0.2) is 6.10 Å². The summed E-state index contributed by atoms with van der Waals surface area (Å²) in [6.07, 6.45) is 1.63. The molecule has 0 radical (unpaired) electrons. The SMILES string of the molecule is CCc1ccccc1O[C@@H](C)C(=O)n1cc(C(=O)OC)c2ccccc21. The van der Waals surface area contributed by atoms with E-state index in [0.717, 1.165) is 12.0 Å². The van der Waals surface area contributed by atoms with Crippen LogP contribution in [0.3, 0.4) is 0 Å². The van der Waals surface area contributed by atoms with Crippen molar-refractivity contribution < 1.29 is 19.1 Å². The minimum absolute atomic E-state index is 0.248. The molecule has 0 amide bonds. The van der Waals surface area contributed by atoms with E-state index in [4.69, 9.17) is 9.47 Å². The van der Waals surface area contributed by atoms with Crippen LogP contribution in [0.1, 0.15) is 34.6 Å². The average molecular weight is 351 g/mol. The topological polar surface area (TPSA) is 57.5 Å². The average Bonchev–Trinajstić information content (AvgIpc) is 3.06. The van der Waals surface area contributed by atoms with Crippen LogP contribution in [0, 0.1) is 0 Å². The first-order valence-corrected chi connectivity index (χ1v) is 8.54. The molecule has 1 aromatic heterocycles. The van der Waals surface area contributed by atoms with E-state index in [2.05, 4.69) is 0 Å². The molecule has 1 atom stereocenters. The summed E-state index contributed by atoms with van der Waals surface area (Å²) in [4.78, 5) is 25.0. The highest BCUT2D eigenvalue weighted by Crippen LogP contribution is 2.24. The number of carbonyl (C=O) groups excluding carboxylic acids is 2. The van der Waals surface area contributed by atoms with Crippen molar-refractivity contribution in [3.63, 3.8) is 0 Å². The second-order valence-corrected chi connectivity index (χ2v) is 5.98. The Labute approximate surface area is 152 Å². The summed E-state index contributed by atoms with van der Waals surface area (Å²) in [6, 6.07) is 14.9. The van der Waals surface area contributed by atoms with Crippen molar-refractivity contribution in [1.29, 1.82) is 0 Å². The molecule has 2 aromatic carbocycles. The molecule has 3 aromatic rings. The van der Waals surface area contributed by atoms with Crippen LogP contribution in [-0.2, 0) is 11.2 Å². The van der Waals surface area contributed by atoms with Crippen molar-refractivity contribution in [2.45, 2.75) is 26.4 Å². The molecule has 5 nitrogen and oxygen atoms in total. The smallest absolute Gasteiger partial charge is 0.340 e. The van der Waals surface area contributed by atoms with Crippen LogP contribution in [-0.4, -0.2) is 29.7 Å². The number of benzene rings is 2. The van der Waals surface area contributed by atoms with E-state index in [1.54, 1.807) is 19.1 Å². The minimum atomic E-state index is -0.705. The van der Waals surface area contributed by atoms with E-state index in [0.29, 0.717) is 22.2 Å². The van der Waals surface area contributed by atoms with Gasteiger partial charge in [-0.15, -0.1) is 0 Å².